The lowest BCUT2D eigenvalue weighted by Crippen LogP contribution is -2.27. The quantitative estimate of drug-likeness (QED) is 0.828. The van der Waals surface area contributed by atoms with E-state index in [2.05, 4.69) is 12.2 Å². The zero-order valence-corrected chi connectivity index (χ0v) is 11.7. The van der Waals surface area contributed by atoms with Gasteiger partial charge in [-0.25, -0.2) is 0 Å². The van der Waals surface area contributed by atoms with Crippen LogP contribution in [0.15, 0.2) is 18.2 Å². The highest BCUT2D eigenvalue weighted by Crippen LogP contribution is 2.25. The van der Waals surface area contributed by atoms with E-state index in [0.717, 1.165) is 31.6 Å². The topological polar surface area (TPSA) is 50.7 Å². The smallest absolute Gasteiger partial charge is 0.123 e. The van der Waals surface area contributed by atoms with Gasteiger partial charge in [0.25, 0.3) is 0 Å². The summed E-state index contributed by atoms with van der Waals surface area (Å²) in [6, 6.07) is 5.40. The Labute approximate surface area is 114 Å². The third-order valence-corrected chi connectivity index (χ3v) is 3.76. The lowest BCUT2D eigenvalue weighted by molar-refractivity contribution is 0.0872. The molecule has 0 radical (unpaired) electrons. The fourth-order valence-corrected chi connectivity index (χ4v) is 2.59. The molecule has 1 aromatic rings. The van der Waals surface area contributed by atoms with Gasteiger partial charge in [0, 0.05) is 31.3 Å². The molecular formula is C15H23NO3. The lowest BCUT2D eigenvalue weighted by atomic mass is 9.99. The first kappa shape index (κ1) is 14.2. The van der Waals surface area contributed by atoms with Crippen LogP contribution in [0.1, 0.15) is 25.3 Å². The maximum atomic E-state index is 9.87. The third kappa shape index (κ3) is 3.61. The van der Waals surface area contributed by atoms with Gasteiger partial charge in [-0.2, -0.15) is 0 Å². The van der Waals surface area contributed by atoms with Gasteiger partial charge in [-0.3, -0.25) is 0 Å². The molecule has 2 N–H and O–H groups in total. The van der Waals surface area contributed by atoms with Gasteiger partial charge < -0.3 is 19.9 Å². The van der Waals surface area contributed by atoms with E-state index in [1.165, 1.54) is 0 Å². The fraction of sp³-hybridized carbons (Fsp3) is 0.600. The number of nitrogens with one attached hydrogen (secondary N) is 1. The zero-order valence-electron chi connectivity index (χ0n) is 11.7. The molecular weight excluding hydrogens is 242 g/mol. The highest BCUT2D eigenvalue weighted by Gasteiger charge is 2.25. The van der Waals surface area contributed by atoms with Crippen molar-refractivity contribution in [2.24, 2.45) is 5.92 Å². The predicted molar refractivity (Wildman–Crippen MR) is 74.5 cm³/mol. The molecule has 2 unspecified atom stereocenters. The molecule has 1 aliphatic heterocycles. The Hall–Kier alpha value is -1.26. The normalized spacial score (nSPS) is 22.6. The van der Waals surface area contributed by atoms with Gasteiger partial charge in [0.05, 0.1) is 13.2 Å². The molecule has 0 aliphatic carbocycles. The molecule has 19 heavy (non-hydrogen) atoms. The minimum Gasteiger partial charge on any atom is -0.507 e. The Morgan fingerprint density at radius 1 is 1.47 bits per heavy atom. The van der Waals surface area contributed by atoms with Gasteiger partial charge in [0.1, 0.15) is 11.5 Å². The van der Waals surface area contributed by atoms with Crippen LogP contribution in [0.3, 0.4) is 0 Å². The highest BCUT2D eigenvalue weighted by molar-refractivity contribution is 5.39. The monoisotopic (exact) mass is 265 g/mol. The molecule has 2 rings (SSSR count). The molecule has 0 saturated carbocycles. The molecule has 1 aromatic carbocycles. The molecule has 4 heteroatoms. The predicted octanol–water partition coefficient (Wildman–Crippen LogP) is 2.31. The van der Waals surface area contributed by atoms with E-state index >= 15 is 0 Å². The standard InChI is InChI=1S/C15H23NO3/c1-3-15-12(6-7-19-15)10-16-9-11-4-5-13(18-2)8-14(11)17/h4-5,8,12,15-17H,3,6-7,9-10H2,1-2H3. The molecule has 0 amide bonds. The number of ether oxygens (including phenoxy) is 2. The maximum Gasteiger partial charge on any atom is 0.123 e. The summed E-state index contributed by atoms with van der Waals surface area (Å²) in [6.07, 6.45) is 2.58. The second kappa shape index (κ2) is 6.78. The van der Waals surface area contributed by atoms with Crippen LogP contribution in [0.2, 0.25) is 0 Å². The molecule has 4 nitrogen and oxygen atoms in total. The Balaban J connectivity index is 1.82. The Bertz CT molecular complexity index is 408. The van der Waals surface area contributed by atoms with E-state index in [4.69, 9.17) is 9.47 Å². The van der Waals surface area contributed by atoms with E-state index < -0.39 is 0 Å². The van der Waals surface area contributed by atoms with Gasteiger partial charge >= 0.3 is 0 Å². The third-order valence-electron chi connectivity index (χ3n) is 3.76. The summed E-state index contributed by atoms with van der Waals surface area (Å²) in [5.74, 6) is 1.54. The summed E-state index contributed by atoms with van der Waals surface area (Å²) in [7, 11) is 1.59. The molecule has 1 aliphatic rings. The van der Waals surface area contributed by atoms with Crippen LogP contribution >= 0.6 is 0 Å². The highest BCUT2D eigenvalue weighted by atomic mass is 16.5. The number of hydrogen-bond acceptors (Lipinski definition) is 4. The zero-order chi connectivity index (χ0) is 13.7. The van der Waals surface area contributed by atoms with E-state index in [1.807, 2.05) is 12.1 Å². The van der Waals surface area contributed by atoms with Crippen molar-refractivity contribution in [3.8, 4) is 11.5 Å². The summed E-state index contributed by atoms with van der Waals surface area (Å²) in [4.78, 5) is 0. The summed E-state index contributed by atoms with van der Waals surface area (Å²) in [5.41, 5.74) is 0.896. The van der Waals surface area contributed by atoms with Crippen LogP contribution in [-0.4, -0.2) is 31.5 Å². The van der Waals surface area contributed by atoms with Gasteiger partial charge in [0.2, 0.25) is 0 Å². The average molecular weight is 265 g/mol. The van der Waals surface area contributed by atoms with E-state index in [0.29, 0.717) is 24.3 Å². The summed E-state index contributed by atoms with van der Waals surface area (Å²) >= 11 is 0. The lowest BCUT2D eigenvalue weighted by Gasteiger charge is -2.17. The first-order chi connectivity index (χ1) is 9.24. The number of methoxy groups -OCH3 is 1. The van der Waals surface area contributed by atoms with Crippen molar-refractivity contribution >= 4 is 0 Å². The van der Waals surface area contributed by atoms with Crippen molar-refractivity contribution < 1.29 is 14.6 Å². The fourth-order valence-electron chi connectivity index (χ4n) is 2.59. The first-order valence-corrected chi connectivity index (χ1v) is 6.92. The second-order valence-electron chi connectivity index (χ2n) is 4.99. The van der Waals surface area contributed by atoms with Crippen molar-refractivity contribution in [1.29, 1.82) is 0 Å². The van der Waals surface area contributed by atoms with Crippen LogP contribution in [0, 0.1) is 5.92 Å². The maximum absolute atomic E-state index is 9.87. The number of aromatic hydroxyl groups is 1. The van der Waals surface area contributed by atoms with Crippen LogP contribution in [0.25, 0.3) is 0 Å². The van der Waals surface area contributed by atoms with Crippen molar-refractivity contribution in [2.75, 3.05) is 20.3 Å². The van der Waals surface area contributed by atoms with E-state index in [1.54, 1.807) is 13.2 Å². The number of hydrogen-bond donors (Lipinski definition) is 2. The van der Waals surface area contributed by atoms with Gasteiger partial charge in [-0.15, -0.1) is 0 Å². The number of benzene rings is 1. The number of rotatable bonds is 6. The second-order valence-corrected chi connectivity index (χ2v) is 4.99. The largest absolute Gasteiger partial charge is 0.507 e. The summed E-state index contributed by atoms with van der Waals surface area (Å²) in [5, 5.41) is 13.3. The summed E-state index contributed by atoms with van der Waals surface area (Å²) in [6.45, 7) is 4.64. The van der Waals surface area contributed by atoms with Gasteiger partial charge in [-0.1, -0.05) is 13.0 Å². The van der Waals surface area contributed by atoms with Crippen LogP contribution < -0.4 is 10.1 Å². The summed E-state index contributed by atoms with van der Waals surface area (Å²) < 4.78 is 10.7. The molecule has 1 fully saturated rings. The number of phenols is 1. The molecule has 106 valence electrons. The van der Waals surface area contributed by atoms with Crippen molar-refractivity contribution in [2.45, 2.75) is 32.4 Å². The minimum absolute atomic E-state index is 0.279. The molecule has 1 heterocycles. The molecule has 0 bridgehead atoms. The van der Waals surface area contributed by atoms with Crippen molar-refractivity contribution in [3.63, 3.8) is 0 Å². The van der Waals surface area contributed by atoms with Gasteiger partial charge in [-0.05, 0) is 24.8 Å². The van der Waals surface area contributed by atoms with Crippen molar-refractivity contribution in [3.05, 3.63) is 23.8 Å². The molecule has 2 atom stereocenters. The van der Waals surface area contributed by atoms with Crippen molar-refractivity contribution in [1.82, 2.24) is 5.32 Å². The first-order valence-electron chi connectivity index (χ1n) is 6.92. The van der Waals surface area contributed by atoms with E-state index in [-0.39, 0.29) is 5.75 Å². The van der Waals surface area contributed by atoms with Crippen LogP contribution in [0.5, 0.6) is 11.5 Å². The van der Waals surface area contributed by atoms with Crippen LogP contribution in [0.4, 0.5) is 0 Å². The SMILES string of the molecule is CCC1OCCC1CNCc1ccc(OC)cc1O. The Morgan fingerprint density at radius 2 is 2.32 bits per heavy atom. The van der Waals surface area contributed by atoms with E-state index in [9.17, 15) is 5.11 Å². The van der Waals surface area contributed by atoms with Gasteiger partial charge in [0.15, 0.2) is 0 Å². The minimum atomic E-state index is 0.279. The average Bonchev–Trinajstić information content (AvgIpc) is 2.88. The number of phenolic OH excluding ortho intramolecular Hbond substituents is 1. The Morgan fingerprint density at radius 3 is 3.00 bits per heavy atom. The molecule has 1 saturated heterocycles. The van der Waals surface area contributed by atoms with Crippen LogP contribution in [-0.2, 0) is 11.3 Å². The Kier molecular flexibility index (Phi) is 5.05. The molecule has 0 aromatic heterocycles. The molecule has 0 spiro atoms.